The van der Waals surface area contributed by atoms with E-state index in [1.54, 1.807) is 6.20 Å². The summed E-state index contributed by atoms with van der Waals surface area (Å²) in [5, 5.41) is 7.68. The van der Waals surface area contributed by atoms with Crippen LogP contribution in [0.15, 0.2) is 59.8 Å². The highest BCUT2D eigenvalue weighted by atomic mass is 32.1. The van der Waals surface area contributed by atoms with Gasteiger partial charge < -0.3 is 5.32 Å². The number of benzene rings is 1. The van der Waals surface area contributed by atoms with Crippen LogP contribution in [0.25, 0.3) is 0 Å². The minimum Gasteiger partial charge on any atom is -0.331 e. The van der Waals surface area contributed by atoms with Crippen LogP contribution in [0, 0.1) is 0 Å². The normalized spacial score (nSPS) is 10.9. The highest BCUT2D eigenvalue weighted by Crippen LogP contribution is 2.04. The number of anilines is 1. The van der Waals surface area contributed by atoms with E-state index in [2.05, 4.69) is 20.8 Å². The van der Waals surface area contributed by atoms with Crippen molar-refractivity contribution in [2.24, 2.45) is 5.10 Å². The molecule has 0 unspecified atom stereocenters. The molecule has 0 atom stereocenters. The fourth-order valence-corrected chi connectivity index (χ4v) is 1.61. The molecule has 0 amide bonds. The number of hydrazone groups is 1. The average molecular weight is 270 g/mol. The summed E-state index contributed by atoms with van der Waals surface area (Å²) in [4.78, 5) is 4.21. The standard InChI is InChI=1S/C14H14N4S/c1-11(13-9-5-6-10-15-13)17-18-14(19)16-12-7-3-2-4-8-12/h2-10H,1H3,(H2,16,18,19)/b17-11+. The molecule has 0 bridgehead atoms. The van der Waals surface area contributed by atoms with Gasteiger partial charge in [0.05, 0.1) is 11.4 Å². The van der Waals surface area contributed by atoms with Gasteiger partial charge in [0.15, 0.2) is 5.11 Å². The van der Waals surface area contributed by atoms with Gasteiger partial charge in [-0.15, -0.1) is 0 Å². The fraction of sp³-hybridized carbons (Fsp3) is 0.0714. The maximum absolute atomic E-state index is 5.15. The molecule has 1 heterocycles. The summed E-state index contributed by atoms with van der Waals surface area (Å²) in [7, 11) is 0. The van der Waals surface area contributed by atoms with Crippen molar-refractivity contribution in [3.8, 4) is 0 Å². The Kier molecular flexibility index (Phi) is 4.58. The summed E-state index contributed by atoms with van der Waals surface area (Å²) >= 11 is 5.15. The highest BCUT2D eigenvalue weighted by Gasteiger charge is 1.99. The largest absolute Gasteiger partial charge is 0.331 e. The molecule has 0 aliphatic rings. The topological polar surface area (TPSA) is 49.3 Å². The molecular weight excluding hydrogens is 256 g/mol. The first-order valence-electron chi connectivity index (χ1n) is 5.83. The summed E-state index contributed by atoms with van der Waals surface area (Å²) in [6, 6.07) is 15.4. The SMILES string of the molecule is C/C(=N\NC(=S)Nc1ccccc1)c1ccccn1. The summed E-state index contributed by atoms with van der Waals surface area (Å²) in [5.41, 5.74) is 5.31. The maximum Gasteiger partial charge on any atom is 0.191 e. The smallest absolute Gasteiger partial charge is 0.191 e. The predicted molar refractivity (Wildman–Crippen MR) is 82.2 cm³/mol. The molecule has 0 aliphatic carbocycles. The first-order valence-corrected chi connectivity index (χ1v) is 6.24. The van der Waals surface area contributed by atoms with Gasteiger partial charge in [-0.05, 0) is 43.4 Å². The predicted octanol–water partition coefficient (Wildman–Crippen LogP) is 2.79. The van der Waals surface area contributed by atoms with Gasteiger partial charge in [0.2, 0.25) is 0 Å². The van der Waals surface area contributed by atoms with E-state index in [9.17, 15) is 0 Å². The summed E-state index contributed by atoms with van der Waals surface area (Å²) in [5.74, 6) is 0. The van der Waals surface area contributed by atoms with Crippen molar-refractivity contribution in [1.29, 1.82) is 0 Å². The molecular formula is C14H14N4S. The lowest BCUT2D eigenvalue weighted by atomic mass is 10.3. The number of thiocarbonyl (C=S) groups is 1. The molecule has 0 saturated carbocycles. The number of nitrogens with one attached hydrogen (secondary N) is 2. The molecule has 19 heavy (non-hydrogen) atoms. The van der Waals surface area contributed by atoms with Crippen molar-refractivity contribution < 1.29 is 0 Å². The van der Waals surface area contributed by atoms with Gasteiger partial charge in [0.1, 0.15) is 0 Å². The third kappa shape index (κ3) is 4.15. The van der Waals surface area contributed by atoms with Gasteiger partial charge in [-0.1, -0.05) is 24.3 Å². The fourth-order valence-electron chi connectivity index (χ4n) is 1.45. The lowest BCUT2D eigenvalue weighted by molar-refractivity contribution is 1.03. The van der Waals surface area contributed by atoms with Crippen LogP contribution in [0.3, 0.4) is 0 Å². The number of rotatable bonds is 3. The van der Waals surface area contributed by atoms with Gasteiger partial charge in [0.25, 0.3) is 0 Å². The number of para-hydroxylation sites is 1. The van der Waals surface area contributed by atoms with E-state index in [4.69, 9.17) is 12.2 Å². The first kappa shape index (κ1) is 13.2. The highest BCUT2D eigenvalue weighted by molar-refractivity contribution is 7.80. The zero-order chi connectivity index (χ0) is 13.5. The van der Waals surface area contributed by atoms with Gasteiger partial charge in [-0.2, -0.15) is 5.10 Å². The Morgan fingerprint density at radius 3 is 2.53 bits per heavy atom. The van der Waals surface area contributed by atoms with Crippen LogP contribution in [0.2, 0.25) is 0 Å². The van der Waals surface area contributed by atoms with Crippen LogP contribution >= 0.6 is 12.2 Å². The third-order valence-electron chi connectivity index (χ3n) is 2.39. The van der Waals surface area contributed by atoms with E-state index in [0.29, 0.717) is 5.11 Å². The Hall–Kier alpha value is -2.27. The number of nitrogens with zero attached hydrogens (tertiary/aromatic N) is 2. The van der Waals surface area contributed by atoms with Crippen LogP contribution < -0.4 is 10.7 Å². The Morgan fingerprint density at radius 1 is 1.11 bits per heavy atom. The Labute approximate surface area is 117 Å². The van der Waals surface area contributed by atoms with Crippen molar-refractivity contribution >= 4 is 28.7 Å². The van der Waals surface area contributed by atoms with Gasteiger partial charge in [0, 0.05) is 11.9 Å². The molecule has 1 aromatic heterocycles. The molecule has 5 heteroatoms. The van der Waals surface area contributed by atoms with E-state index in [1.807, 2.05) is 55.5 Å². The third-order valence-corrected chi connectivity index (χ3v) is 2.59. The number of pyridine rings is 1. The number of hydrogen-bond donors (Lipinski definition) is 2. The van der Waals surface area contributed by atoms with Crippen LogP contribution in [0.4, 0.5) is 5.69 Å². The Morgan fingerprint density at radius 2 is 1.84 bits per heavy atom. The van der Waals surface area contributed by atoms with Gasteiger partial charge in [-0.3, -0.25) is 10.4 Å². The van der Waals surface area contributed by atoms with Gasteiger partial charge in [-0.25, -0.2) is 0 Å². The summed E-state index contributed by atoms with van der Waals surface area (Å²) < 4.78 is 0. The molecule has 1 aromatic carbocycles. The molecule has 4 nitrogen and oxygen atoms in total. The molecule has 0 fully saturated rings. The lowest BCUT2D eigenvalue weighted by Gasteiger charge is -2.07. The number of aromatic nitrogens is 1. The monoisotopic (exact) mass is 270 g/mol. The molecule has 2 aromatic rings. The van der Waals surface area contributed by atoms with Crippen molar-refractivity contribution in [3.63, 3.8) is 0 Å². The molecule has 0 saturated heterocycles. The molecule has 0 radical (unpaired) electrons. The second kappa shape index (κ2) is 6.61. The second-order valence-electron chi connectivity index (χ2n) is 3.84. The van der Waals surface area contributed by atoms with E-state index in [0.717, 1.165) is 17.1 Å². The van der Waals surface area contributed by atoms with Gasteiger partial charge >= 0.3 is 0 Å². The number of hydrogen-bond acceptors (Lipinski definition) is 3. The van der Waals surface area contributed by atoms with Crippen molar-refractivity contribution in [1.82, 2.24) is 10.4 Å². The molecule has 0 spiro atoms. The Balaban J connectivity index is 1.93. The molecule has 2 N–H and O–H groups in total. The van der Waals surface area contributed by atoms with E-state index >= 15 is 0 Å². The summed E-state index contributed by atoms with van der Waals surface area (Å²) in [6.07, 6.45) is 1.73. The molecule has 2 rings (SSSR count). The summed E-state index contributed by atoms with van der Waals surface area (Å²) in [6.45, 7) is 1.88. The van der Waals surface area contributed by atoms with Crippen molar-refractivity contribution in [2.45, 2.75) is 6.92 Å². The molecule has 0 aliphatic heterocycles. The zero-order valence-electron chi connectivity index (χ0n) is 10.5. The average Bonchev–Trinajstić information content (AvgIpc) is 2.47. The van der Waals surface area contributed by atoms with Crippen LogP contribution in [0.1, 0.15) is 12.6 Å². The minimum atomic E-state index is 0.446. The van der Waals surface area contributed by atoms with Crippen LogP contribution in [-0.2, 0) is 0 Å². The second-order valence-corrected chi connectivity index (χ2v) is 4.25. The first-order chi connectivity index (χ1) is 9.25. The van der Waals surface area contributed by atoms with E-state index in [-0.39, 0.29) is 0 Å². The van der Waals surface area contributed by atoms with E-state index < -0.39 is 0 Å². The Bertz CT molecular complexity index is 567. The lowest BCUT2D eigenvalue weighted by Crippen LogP contribution is -2.25. The van der Waals surface area contributed by atoms with Crippen molar-refractivity contribution in [2.75, 3.05) is 5.32 Å². The minimum absolute atomic E-state index is 0.446. The quantitative estimate of drug-likeness (QED) is 0.511. The maximum atomic E-state index is 5.15. The zero-order valence-corrected chi connectivity index (χ0v) is 11.3. The van der Waals surface area contributed by atoms with E-state index in [1.165, 1.54) is 0 Å². The van der Waals surface area contributed by atoms with Crippen molar-refractivity contribution in [3.05, 3.63) is 60.4 Å². The molecule has 96 valence electrons. The van der Waals surface area contributed by atoms with Crippen LogP contribution in [0.5, 0.6) is 0 Å². The van der Waals surface area contributed by atoms with Crippen LogP contribution in [-0.4, -0.2) is 15.8 Å².